The van der Waals surface area contributed by atoms with Crippen LogP contribution in [0.5, 0.6) is 0 Å². The smallest absolute Gasteiger partial charge is 0.213 e. The SMILES string of the molecule is Cc1nnsc1C(=Nc1ccncc1)N(C)c1nnc(C(C)(C)C)s1. The van der Waals surface area contributed by atoms with E-state index >= 15 is 0 Å². The van der Waals surface area contributed by atoms with Gasteiger partial charge in [-0.15, -0.1) is 15.3 Å². The fraction of sp³-hybridized carbons (Fsp3) is 0.375. The summed E-state index contributed by atoms with van der Waals surface area (Å²) in [5, 5.41) is 14.6. The second-order valence-electron chi connectivity index (χ2n) is 6.53. The monoisotopic (exact) mass is 373 g/mol. The molecule has 0 bridgehead atoms. The van der Waals surface area contributed by atoms with Gasteiger partial charge in [-0.2, -0.15) is 0 Å². The lowest BCUT2D eigenvalue weighted by molar-refractivity contribution is 0.578. The van der Waals surface area contributed by atoms with Crippen LogP contribution in [-0.4, -0.2) is 37.7 Å². The first kappa shape index (κ1) is 17.6. The quantitative estimate of drug-likeness (QED) is 0.515. The van der Waals surface area contributed by atoms with Crippen molar-refractivity contribution in [2.75, 3.05) is 11.9 Å². The lowest BCUT2D eigenvalue weighted by atomic mass is 9.98. The number of nitrogens with zero attached hydrogens (tertiary/aromatic N) is 7. The molecule has 0 aliphatic rings. The minimum absolute atomic E-state index is 0.0406. The van der Waals surface area contributed by atoms with E-state index in [0.29, 0.717) is 0 Å². The van der Waals surface area contributed by atoms with Crippen molar-refractivity contribution < 1.29 is 0 Å². The summed E-state index contributed by atoms with van der Waals surface area (Å²) in [5.74, 6) is 0.746. The maximum absolute atomic E-state index is 4.78. The number of rotatable bonds is 3. The zero-order valence-corrected chi connectivity index (χ0v) is 16.4. The normalized spacial score (nSPS) is 12.4. The lowest BCUT2D eigenvalue weighted by Gasteiger charge is -2.17. The summed E-state index contributed by atoms with van der Waals surface area (Å²) < 4.78 is 4.04. The summed E-state index contributed by atoms with van der Waals surface area (Å²) in [4.78, 5) is 11.7. The molecule has 0 aromatic carbocycles. The summed E-state index contributed by atoms with van der Waals surface area (Å²) in [6.07, 6.45) is 3.44. The Morgan fingerprint density at radius 3 is 2.40 bits per heavy atom. The second-order valence-corrected chi connectivity index (χ2v) is 8.24. The third kappa shape index (κ3) is 3.88. The summed E-state index contributed by atoms with van der Waals surface area (Å²) in [6, 6.07) is 3.72. The molecule has 0 saturated heterocycles. The molecule has 3 aromatic rings. The maximum Gasteiger partial charge on any atom is 0.213 e. The predicted molar refractivity (Wildman–Crippen MR) is 102 cm³/mol. The van der Waals surface area contributed by atoms with Crippen LogP contribution in [0, 0.1) is 6.92 Å². The average molecular weight is 374 g/mol. The van der Waals surface area contributed by atoms with Crippen molar-refractivity contribution in [1.29, 1.82) is 0 Å². The van der Waals surface area contributed by atoms with Crippen molar-refractivity contribution in [2.24, 2.45) is 4.99 Å². The molecule has 25 heavy (non-hydrogen) atoms. The Morgan fingerprint density at radius 1 is 1.12 bits per heavy atom. The number of hydrogen-bond acceptors (Lipinski definition) is 8. The molecule has 0 fully saturated rings. The molecule has 3 rings (SSSR count). The molecular weight excluding hydrogens is 354 g/mol. The Bertz CT molecular complexity index is 877. The van der Waals surface area contributed by atoms with Gasteiger partial charge in [0, 0.05) is 24.9 Å². The first-order valence-corrected chi connectivity index (χ1v) is 9.31. The predicted octanol–water partition coefficient (Wildman–Crippen LogP) is 3.61. The van der Waals surface area contributed by atoms with Crippen LogP contribution < -0.4 is 4.90 Å². The Hall–Kier alpha value is -2.26. The molecule has 0 aliphatic heterocycles. The number of hydrogen-bond donors (Lipinski definition) is 0. The molecule has 0 saturated carbocycles. The van der Waals surface area contributed by atoms with Crippen molar-refractivity contribution in [1.82, 2.24) is 24.8 Å². The van der Waals surface area contributed by atoms with Crippen molar-refractivity contribution in [3.05, 3.63) is 40.1 Å². The van der Waals surface area contributed by atoms with Gasteiger partial charge in [0.15, 0.2) is 5.84 Å². The van der Waals surface area contributed by atoms with Crippen LogP contribution in [-0.2, 0) is 5.41 Å². The summed E-state index contributed by atoms with van der Waals surface area (Å²) in [6.45, 7) is 8.30. The zero-order valence-electron chi connectivity index (χ0n) is 14.8. The summed E-state index contributed by atoms with van der Waals surface area (Å²) >= 11 is 2.88. The van der Waals surface area contributed by atoms with E-state index in [9.17, 15) is 0 Å². The van der Waals surface area contributed by atoms with Crippen molar-refractivity contribution in [2.45, 2.75) is 33.1 Å². The third-order valence-corrected chi connectivity index (χ3v) is 5.66. The van der Waals surface area contributed by atoms with Crippen molar-refractivity contribution >= 4 is 39.5 Å². The van der Waals surface area contributed by atoms with E-state index in [1.54, 1.807) is 23.7 Å². The first-order chi connectivity index (χ1) is 11.9. The Morgan fingerprint density at radius 2 is 1.84 bits per heavy atom. The number of anilines is 1. The molecule has 0 radical (unpaired) electrons. The van der Waals surface area contributed by atoms with Gasteiger partial charge in [0.2, 0.25) is 5.13 Å². The third-order valence-electron chi connectivity index (χ3n) is 3.41. The molecular formula is C16H19N7S2. The van der Waals surface area contributed by atoms with Gasteiger partial charge in [-0.25, -0.2) is 4.99 Å². The van der Waals surface area contributed by atoms with Gasteiger partial charge in [0.25, 0.3) is 0 Å². The van der Waals surface area contributed by atoms with E-state index < -0.39 is 0 Å². The van der Waals surface area contributed by atoms with Crippen LogP contribution >= 0.6 is 22.9 Å². The molecule has 3 aromatic heterocycles. The van der Waals surface area contributed by atoms with Crippen LogP contribution in [0.4, 0.5) is 10.8 Å². The van der Waals surface area contributed by atoms with Gasteiger partial charge in [0.05, 0.1) is 11.4 Å². The molecule has 0 amide bonds. The van der Waals surface area contributed by atoms with Gasteiger partial charge in [-0.05, 0) is 30.6 Å². The molecule has 7 nitrogen and oxygen atoms in total. The van der Waals surface area contributed by atoms with Gasteiger partial charge in [0.1, 0.15) is 9.88 Å². The van der Waals surface area contributed by atoms with Crippen LogP contribution in [0.1, 0.15) is 36.3 Å². The maximum atomic E-state index is 4.78. The average Bonchev–Trinajstić information content (AvgIpc) is 3.22. The molecule has 0 N–H and O–H groups in total. The van der Waals surface area contributed by atoms with E-state index in [2.05, 4.69) is 45.5 Å². The lowest BCUT2D eigenvalue weighted by Crippen LogP contribution is -2.27. The highest BCUT2D eigenvalue weighted by molar-refractivity contribution is 7.15. The first-order valence-electron chi connectivity index (χ1n) is 7.72. The molecule has 0 spiro atoms. The topological polar surface area (TPSA) is 80.0 Å². The van der Waals surface area contributed by atoms with Crippen LogP contribution in [0.3, 0.4) is 0 Å². The van der Waals surface area contributed by atoms with Gasteiger partial charge in [-0.1, -0.05) is 36.6 Å². The Kier molecular flexibility index (Phi) is 4.87. The molecule has 9 heteroatoms. The standard InChI is InChI=1S/C16H19N7S2/c1-10-12(25-22-19-10)13(18-11-6-8-17-9-7-11)23(5)15-21-20-14(24-15)16(2,3)4/h6-9H,1-5H3. The zero-order chi connectivity index (χ0) is 18.0. The van der Waals surface area contributed by atoms with Crippen molar-refractivity contribution in [3.63, 3.8) is 0 Å². The minimum Gasteiger partial charge on any atom is -0.303 e. The van der Waals surface area contributed by atoms with E-state index in [1.165, 1.54) is 11.5 Å². The van der Waals surface area contributed by atoms with Crippen LogP contribution in [0.25, 0.3) is 0 Å². The van der Waals surface area contributed by atoms with E-state index in [4.69, 9.17) is 4.99 Å². The van der Waals surface area contributed by atoms with Gasteiger partial charge < -0.3 is 4.90 Å². The van der Waals surface area contributed by atoms with E-state index in [0.717, 1.165) is 32.2 Å². The number of pyridine rings is 1. The number of amidine groups is 1. The number of aryl methyl sites for hydroxylation is 1. The number of aliphatic imine (C=N–C) groups is 1. The fourth-order valence-corrected chi connectivity index (χ4v) is 3.55. The molecule has 3 heterocycles. The van der Waals surface area contributed by atoms with Crippen LogP contribution in [0.15, 0.2) is 29.5 Å². The van der Waals surface area contributed by atoms with E-state index in [1.807, 2.05) is 31.0 Å². The summed E-state index contributed by atoms with van der Waals surface area (Å²) in [5.41, 5.74) is 1.61. The number of aromatic nitrogens is 5. The summed E-state index contributed by atoms with van der Waals surface area (Å²) in [7, 11) is 1.94. The molecule has 0 aliphatic carbocycles. The fourth-order valence-electron chi connectivity index (χ4n) is 2.00. The highest BCUT2D eigenvalue weighted by Gasteiger charge is 2.24. The highest BCUT2D eigenvalue weighted by Crippen LogP contribution is 2.31. The highest BCUT2D eigenvalue weighted by atomic mass is 32.1. The minimum atomic E-state index is -0.0406. The Balaban J connectivity index is 2.04. The van der Waals surface area contributed by atoms with Crippen LogP contribution in [0.2, 0.25) is 0 Å². The Labute approximate surface area is 154 Å². The van der Waals surface area contributed by atoms with Gasteiger partial charge in [-0.3, -0.25) is 4.98 Å². The van der Waals surface area contributed by atoms with E-state index in [-0.39, 0.29) is 5.41 Å². The van der Waals surface area contributed by atoms with Crippen molar-refractivity contribution in [3.8, 4) is 0 Å². The van der Waals surface area contributed by atoms with Gasteiger partial charge >= 0.3 is 0 Å². The molecule has 0 unspecified atom stereocenters. The molecule has 130 valence electrons. The molecule has 0 atom stereocenters. The largest absolute Gasteiger partial charge is 0.303 e. The second kappa shape index (κ2) is 6.93.